The molecule has 94 valence electrons. The van der Waals surface area contributed by atoms with Gasteiger partial charge in [0.2, 0.25) is 0 Å². The van der Waals surface area contributed by atoms with Crippen molar-refractivity contribution in [2.75, 3.05) is 13.2 Å². The molecule has 2 rings (SSSR count). The van der Waals surface area contributed by atoms with Crippen LogP contribution in [-0.2, 0) is 9.47 Å². The molecular weight excluding hydrogens is 200 g/mol. The first-order valence-corrected chi connectivity index (χ1v) is 6.71. The summed E-state index contributed by atoms with van der Waals surface area (Å²) in [7, 11) is 0. The monoisotopic (exact) mass is 226 g/mol. The summed E-state index contributed by atoms with van der Waals surface area (Å²) in [6, 6.07) is 0. The van der Waals surface area contributed by atoms with Crippen LogP contribution in [0.5, 0.6) is 0 Å². The van der Waals surface area contributed by atoms with E-state index < -0.39 is 0 Å². The van der Waals surface area contributed by atoms with E-state index in [0.29, 0.717) is 5.41 Å². The fraction of sp³-hybridized carbons (Fsp3) is 1.00. The highest BCUT2D eigenvalue weighted by Gasteiger charge is 2.70. The first kappa shape index (κ1) is 12.4. The van der Waals surface area contributed by atoms with Gasteiger partial charge in [0.15, 0.2) is 5.79 Å². The van der Waals surface area contributed by atoms with E-state index in [-0.39, 0.29) is 11.2 Å². The van der Waals surface area contributed by atoms with Gasteiger partial charge in [-0.05, 0) is 38.0 Å². The van der Waals surface area contributed by atoms with Crippen molar-refractivity contribution in [2.24, 2.45) is 16.7 Å². The van der Waals surface area contributed by atoms with Crippen LogP contribution in [0.3, 0.4) is 0 Å². The summed E-state index contributed by atoms with van der Waals surface area (Å²) in [5.41, 5.74) is 0.522. The number of fused-ring (bicyclic) bond motifs is 2. The van der Waals surface area contributed by atoms with Crippen molar-refractivity contribution in [3.05, 3.63) is 0 Å². The zero-order valence-electron chi connectivity index (χ0n) is 11.4. The van der Waals surface area contributed by atoms with E-state index >= 15 is 0 Å². The van der Waals surface area contributed by atoms with Crippen molar-refractivity contribution in [1.82, 2.24) is 0 Å². The van der Waals surface area contributed by atoms with Gasteiger partial charge in [-0.1, -0.05) is 20.8 Å². The lowest BCUT2D eigenvalue weighted by molar-refractivity contribution is -0.296. The zero-order valence-corrected chi connectivity index (χ0v) is 11.4. The van der Waals surface area contributed by atoms with E-state index in [1.165, 1.54) is 12.8 Å². The predicted molar refractivity (Wildman–Crippen MR) is 65.2 cm³/mol. The minimum Gasteiger partial charge on any atom is -0.350 e. The minimum absolute atomic E-state index is 0.177. The Hall–Kier alpha value is -0.0800. The highest BCUT2D eigenvalue weighted by molar-refractivity contribution is 5.15. The SMILES string of the molecule is CCOC1(OCC)CC2CCC1(C)C2(C)C. The van der Waals surface area contributed by atoms with Crippen LogP contribution in [0.2, 0.25) is 0 Å². The van der Waals surface area contributed by atoms with E-state index in [0.717, 1.165) is 25.6 Å². The maximum absolute atomic E-state index is 6.08. The van der Waals surface area contributed by atoms with Gasteiger partial charge < -0.3 is 9.47 Å². The van der Waals surface area contributed by atoms with Gasteiger partial charge in [0.25, 0.3) is 0 Å². The summed E-state index contributed by atoms with van der Waals surface area (Å²) in [4.78, 5) is 0. The lowest BCUT2D eigenvalue weighted by Gasteiger charge is -2.47. The Morgan fingerprint density at radius 1 is 1.06 bits per heavy atom. The maximum atomic E-state index is 6.08. The summed E-state index contributed by atoms with van der Waals surface area (Å²) < 4.78 is 12.2. The molecule has 2 atom stereocenters. The Balaban J connectivity index is 2.35. The van der Waals surface area contributed by atoms with Crippen LogP contribution in [0.4, 0.5) is 0 Å². The second kappa shape index (κ2) is 3.71. The molecule has 0 radical (unpaired) electrons. The van der Waals surface area contributed by atoms with Crippen LogP contribution in [0.25, 0.3) is 0 Å². The quantitative estimate of drug-likeness (QED) is 0.682. The Bertz CT molecular complexity index is 266. The van der Waals surface area contributed by atoms with E-state index in [1.54, 1.807) is 0 Å². The molecule has 2 aliphatic rings. The third-order valence-corrected chi connectivity index (χ3v) is 5.55. The van der Waals surface area contributed by atoms with Gasteiger partial charge >= 0.3 is 0 Å². The number of hydrogen-bond donors (Lipinski definition) is 0. The molecule has 0 amide bonds. The van der Waals surface area contributed by atoms with Gasteiger partial charge in [-0.3, -0.25) is 0 Å². The van der Waals surface area contributed by atoms with Crippen molar-refractivity contribution >= 4 is 0 Å². The standard InChI is InChI=1S/C14H26O2/c1-6-15-14(16-7-2)10-11-8-9-13(14,5)12(11,3)4/h11H,6-10H2,1-5H3. The molecule has 16 heavy (non-hydrogen) atoms. The van der Waals surface area contributed by atoms with Crippen molar-refractivity contribution in [2.45, 2.75) is 59.7 Å². The molecular formula is C14H26O2. The predicted octanol–water partition coefficient (Wildman–Crippen LogP) is 3.60. The molecule has 2 aliphatic carbocycles. The van der Waals surface area contributed by atoms with Crippen molar-refractivity contribution in [3.63, 3.8) is 0 Å². The highest BCUT2D eigenvalue weighted by Crippen LogP contribution is 2.70. The second-order valence-corrected chi connectivity index (χ2v) is 6.11. The fourth-order valence-electron chi connectivity index (χ4n) is 4.13. The average molecular weight is 226 g/mol. The van der Waals surface area contributed by atoms with Crippen LogP contribution in [-0.4, -0.2) is 19.0 Å². The van der Waals surface area contributed by atoms with Crippen molar-refractivity contribution in [1.29, 1.82) is 0 Å². The molecule has 0 spiro atoms. The molecule has 0 aromatic carbocycles. The molecule has 0 N–H and O–H groups in total. The topological polar surface area (TPSA) is 18.5 Å². The van der Waals surface area contributed by atoms with Crippen molar-refractivity contribution in [3.8, 4) is 0 Å². The van der Waals surface area contributed by atoms with Gasteiger partial charge in [0.1, 0.15) is 0 Å². The zero-order chi connectivity index (χ0) is 12.0. The number of hydrogen-bond acceptors (Lipinski definition) is 2. The molecule has 2 nitrogen and oxygen atoms in total. The third-order valence-electron chi connectivity index (χ3n) is 5.55. The first-order chi connectivity index (χ1) is 7.43. The molecule has 0 aromatic rings. The van der Waals surface area contributed by atoms with E-state index in [1.807, 2.05) is 0 Å². The van der Waals surface area contributed by atoms with Crippen molar-refractivity contribution < 1.29 is 9.47 Å². The summed E-state index contributed by atoms with van der Waals surface area (Å²) in [6.45, 7) is 12.8. The lowest BCUT2D eigenvalue weighted by atomic mass is 9.68. The third kappa shape index (κ3) is 1.26. The van der Waals surface area contributed by atoms with Gasteiger partial charge in [-0.25, -0.2) is 0 Å². The van der Waals surface area contributed by atoms with Gasteiger partial charge in [-0.2, -0.15) is 0 Å². The van der Waals surface area contributed by atoms with Crippen LogP contribution in [0, 0.1) is 16.7 Å². The summed E-state index contributed by atoms with van der Waals surface area (Å²) >= 11 is 0. The van der Waals surface area contributed by atoms with Gasteiger partial charge in [0.05, 0.1) is 0 Å². The largest absolute Gasteiger partial charge is 0.350 e. The molecule has 0 saturated heterocycles. The molecule has 0 heterocycles. The molecule has 2 heteroatoms. The normalized spacial score (nSPS) is 39.2. The van der Waals surface area contributed by atoms with E-state index in [9.17, 15) is 0 Å². The van der Waals surface area contributed by atoms with Crippen LogP contribution < -0.4 is 0 Å². The first-order valence-electron chi connectivity index (χ1n) is 6.71. The Labute approximate surface area is 99.7 Å². The molecule has 0 aromatic heterocycles. The number of ether oxygens (including phenoxy) is 2. The molecule has 2 saturated carbocycles. The molecule has 0 aliphatic heterocycles. The van der Waals surface area contributed by atoms with Gasteiger partial charge in [-0.15, -0.1) is 0 Å². The van der Waals surface area contributed by atoms with Crippen LogP contribution in [0.1, 0.15) is 53.9 Å². The highest BCUT2D eigenvalue weighted by atomic mass is 16.7. The Morgan fingerprint density at radius 2 is 1.62 bits per heavy atom. The lowest BCUT2D eigenvalue weighted by Crippen LogP contribution is -2.51. The molecule has 2 bridgehead atoms. The van der Waals surface area contributed by atoms with Crippen LogP contribution in [0.15, 0.2) is 0 Å². The minimum atomic E-state index is -0.317. The summed E-state index contributed by atoms with van der Waals surface area (Å²) in [6.07, 6.45) is 3.66. The second-order valence-electron chi connectivity index (χ2n) is 6.11. The van der Waals surface area contributed by atoms with Gasteiger partial charge in [0, 0.05) is 25.0 Å². The van der Waals surface area contributed by atoms with Crippen LogP contribution >= 0.6 is 0 Å². The Kier molecular flexibility index (Phi) is 2.87. The fourth-order valence-corrected chi connectivity index (χ4v) is 4.13. The summed E-state index contributed by atoms with van der Waals surface area (Å²) in [5, 5.41) is 0. The smallest absolute Gasteiger partial charge is 0.174 e. The average Bonchev–Trinajstić information content (AvgIpc) is 2.51. The molecule has 2 fully saturated rings. The molecule has 2 unspecified atom stereocenters. The number of rotatable bonds is 4. The maximum Gasteiger partial charge on any atom is 0.174 e. The Morgan fingerprint density at radius 3 is 1.94 bits per heavy atom. The summed E-state index contributed by atoms with van der Waals surface area (Å²) in [5.74, 6) is 0.443. The van der Waals surface area contributed by atoms with E-state index in [4.69, 9.17) is 9.47 Å². The van der Waals surface area contributed by atoms with E-state index in [2.05, 4.69) is 34.6 Å².